The van der Waals surface area contributed by atoms with Crippen LogP contribution in [0.2, 0.25) is 0 Å². The van der Waals surface area contributed by atoms with Crippen LogP contribution in [-0.2, 0) is 0 Å². The number of nitrogens with zero attached hydrogens (tertiary/aromatic N) is 1. The predicted molar refractivity (Wildman–Crippen MR) is 88.0 cm³/mol. The number of hydrogen-bond acceptors (Lipinski definition) is 2. The fourth-order valence-corrected chi connectivity index (χ4v) is 4.39. The first-order valence-electron chi connectivity index (χ1n) is 9.00. The molecule has 3 atom stereocenters. The maximum Gasteiger partial charge on any atom is 0.0304 e. The summed E-state index contributed by atoms with van der Waals surface area (Å²) < 4.78 is 0. The van der Waals surface area contributed by atoms with Crippen LogP contribution in [0.25, 0.3) is 0 Å². The van der Waals surface area contributed by atoms with E-state index in [1.54, 1.807) is 0 Å². The Bertz CT molecular complexity index is 296. The number of hydrogen-bond donors (Lipinski definition) is 1. The topological polar surface area (TPSA) is 15.3 Å². The predicted octanol–water partition coefficient (Wildman–Crippen LogP) is 3.91. The van der Waals surface area contributed by atoms with Crippen molar-refractivity contribution in [3.8, 4) is 0 Å². The molecule has 1 aliphatic carbocycles. The van der Waals surface area contributed by atoms with Crippen molar-refractivity contribution in [2.75, 3.05) is 19.6 Å². The van der Waals surface area contributed by atoms with Gasteiger partial charge in [-0.2, -0.15) is 0 Å². The van der Waals surface area contributed by atoms with E-state index in [9.17, 15) is 0 Å². The Labute approximate surface area is 126 Å². The normalized spacial score (nSPS) is 34.8. The third-order valence-corrected chi connectivity index (χ3v) is 6.29. The SMILES string of the molecule is CCC1(CC)CN(CC2CCCC2C)C(C(C)C)CN1. The molecule has 1 saturated heterocycles. The minimum Gasteiger partial charge on any atom is -0.308 e. The van der Waals surface area contributed by atoms with Gasteiger partial charge in [0.05, 0.1) is 0 Å². The molecule has 0 aromatic heterocycles. The van der Waals surface area contributed by atoms with Gasteiger partial charge in [0.25, 0.3) is 0 Å². The van der Waals surface area contributed by atoms with Crippen LogP contribution in [0, 0.1) is 17.8 Å². The average molecular weight is 280 g/mol. The van der Waals surface area contributed by atoms with Crippen molar-refractivity contribution in [3.05, 3.63) is 0 Å². The van der Waals surface area contributed by atoms with Crippen molar-refractivity contribution in [1.82, 2.24) is 10.2 Å². The summed E-state index contributed by atoms with van der Waals surface area (Å²) in [5, 5.41) is 3.89. The largest absolute Gasteiger partial charge is 0.308 e. The molecule has 1 saturated carbocycles. The van der Waals surface area contributed by atoms with Gasteiger partial charge in [-0.15, -0.1) is 0 Å². The molecule has 2 fully saturated rings. The average Bonchev–Trinajstić information content (AvgIpc) is 2.84. The Balaban J connectivity index is 2.06. The van der Waals surface area contributed by atoms with Gasteiger partial charge in [-0.3, -0.25) is 4.90 Å². The molecule has 0 spiro atoms. The Morgan fingerprint density at radius 1 is 1.20 bits per heavy atom. The molecular weight excluding hydrogens is 244 g/mol. The molecular formula is C18H36N2. The van der Waals surface area contributed by atoms with E-state index in [0.717, 1.165) is 23.8 Å². The summed E-state index contributed by atoms with van der Waals surface area (Å²) in [6, 6.07) is 0.731. The zero-order valence-corrected chi connectivity index (χ0v) is 14.4. The van der Waals surface area contributed by atoms with E-state index >= 15 is 0 Å². The molecule has 118 valence electrons. The van der Waals surface area contributed by atoms with E-state index < -0.39 is 0 Å². The van der Waals surface area contributed by atoms with Gasteiger partial charge in [0.1, 0.15) is 0 Å². The lowest BCUT2D eigenvalue weighted by molar-refractivity contribution is 0.0344. The van der Waals surface area contributed by atoms with Crippen LogP contribution in [-0.4, -0.2) is 36.1 Å². The highest BCUT2D eigenvalue weighted by Crippen LogP contribution is 2.34. The zero-order chi connectivity index (χ0) is 14.8. The molecule has 2 nitrogen and oxygen atoms in total. The molecule has 20 heavy (non-hydrogen) atoms. The van der Waals surface area contributed by atoms with Gasteiger partial charge in [0.2, 0.25) is 0 Å². The van der Waals surface area contributed by atoms with E-state index in [0.29, 0.717) is 5.54 Å². The molecule has 2 aliphatic rings. The first kappa shape index (κ1) is 16.3. The highest BCUT2D eigenvalue weighted by molar-refractivity contribution is 4.98. The van der Waals surface area contributed by atoms with Crippen LogP contribution in [0.3, 0.4) is 0 Å². The van der Waals surface area contributed by atoms with Crippen molar-refractivity contribution in [2.24, 2.45) is 17.8 Å². The third kappa shape index (κ3) is 3.39. The Morgan fingerprint density at radius 2 is 1.90 bits per heavy atom. The maximum atomic E-state index is 3.89. The molecule has 0 radical (unpaired) electrons. The Morgan fingerprint density at radius 3 is 2.40 bits per heavy atom. The first-order valence-corrected chi connectivity index (χ1v) is 9.00. The molecule has 0 aromatic rings. The standard InChI is InChI=1S/C18H36N2/c1-6-18(7-2)13-20(17(11-19-18)14(3)4)12-16-10-8-9-15(16)5/h14-17,19H,6-13H2,1-5H3. The Hall–Kier alpha value is -0.0800. The summed E-state index contributed by atoms with van der Waals surface area (Å²) in [5.41, 5.74) is 0.368. The lowest BCUT2D eigenvalue weighted by Crippen LogP contribution is -2.65. The third-order valence-electron chi connectivity index (χ3n) is 6.29. The summed E-state index contributed by atoms with van der Waals surface area (Å²) in [6.07, 6.45) is 6.88. The Kier molecular flexibility index (Phi) is 5.53. The van der Waals surface area contributed by atoms with Crippen LogP contribution in [0.4, 0.5) is 0 Å². The fourth-order valence-electron chi connectivity index (χ4n) is 4.39. The first-order chi connectivity index (χ1) is 9.51. The summed E-state index contributed by atoms with van der Waals surface area (Å²) in [5.74, 6) is 2.64. The van der Waals surface area contributed by atoms with E-state index in [1.807, 2.05) is 0 Å². The highest BCUT2D eigenvalue weighted by Gasteiger charge is 2.39. The molecule has 2 rings (SSSR count). The quantitative estimate of drug-likeness (QED) is 0.821. The zero-order valence-electron chi connectivity index (χ0n) is 14.4. The lowest BCUT2D eigenvalue weighted by atomic mass is 9.85. The van der Waals surface area contributed by atoms with Crippen molar-refractivity contribution >= 4 is 0 Å². The number of nitrogens with one attached hydrogen (secondary N) is 1. The van der Waals surface area contributed by atoms with Crippen molar-refractivity contribution in [3.63, 3.8) is 0 Å². The van der Waals surface area contributed by atoms with Gasteiger partial charge in [-0.25, -0.2) is 0 Å². The molecule has 1 heterocycles. The van der Waals surface area contributed by atoms with Gasteiger partial charge in [0.15, 0.2) is 0 Å². The van der Waals surface area contributed by atoms with Crippen LogP contribution >= 0.6 is 0 Å². The van der Waals surface area contributed by atoms with Gasteiger partial charge < -0.3 is 5.32 Å². The number of rotatable bonds is 5. The van der Waals surface area contributed by atoms with Crippen molar-refractivity contribution in [1.29, 1.82) is 0 Å². The molecule has 0 aromatic carbocycles. The molecule has 1 aliphatic heterocycles. The van der Waals surface area contributed by atoms with Crippen LogP contribution in [0.5, 0.6) is 0 Å². The minimum atomic E-state index is 0.368. The summed E-state index contributed by atoms with van der Waals surface area (Å²) >= 11 is 0. The smallest absolute Gasteiger partial charge is 0.0304 e. The lowest BCUT2D eigenvalue weighted by Gasteiger charge is -2.50. The summed E-state index contributed by atoms with van der Waals surface area (Å²) in [7, 11) is 0. The summed E-state index contributed by atoms with van der Waals surface area (Å²) in [6.45, 7) is 15.7. The van der Waals surface area contributed by atoms with Gasteiger partial charge in [0, 0.05) is 31.2 Å². The van der Waals surface area contributed by atoms with Gasteiger partial charge in [-0.1, -0.05) is 47.5 Å². The fraction of sp³-hybridized carbons (Fsp3) is 1.00. The van der Waals surface area contributed by atoms with E-state index in [2.05, 4.69) is 44.8 Å². The molecule has 1 N–H and O–H groups in total. The summed E-state index contributed by atoms with van der Waals surface area (Å²) in [4.78, 5) is 2.85. The molecule has 3 unspecified atom stereocenters. The van der Waals surface area contributed by atoms with E-state index in [4.69, 9.17) is 0 Å². The van der Waals surface area contributed by atoms with E-state index in [1.165, 1.54) is 51.7 Å². The van der Waals surface area contributed by atoms with Gasteiger partial charge >= 0.3 is 0 Å². The van der Waals surface area contributed by atoms with Crippen molar-refractivity contribution in [2.45, 2.75) is 78.3 Å². The highest BCUT2D eigenvalue weighted by atomic mass is 15.3. The second-order valence-corrected chi connectivity index (χ2v) is 7.78. The van der Waals surface area contributed by atoms with Crippen LogP contribution in [0.1, 0.15) is 66.7 Å². The monoisotopic (exact) mass is 280 g/mol. The second kappa shape index (κ2) is 6.79. The van der Waals surface area contributed by atoms with E-state index in [-0.39, 0.29) is 0 Å². The number of piperazine rings is 1. The molecule has 0 amide bonds. The van der Waals surface area contributed by atoms with Gasteiger partial charge in [-0.05, 0) is 37.0 Å². The second-order valence-electron chi connectivity index (χ2n) is 7.78. The minimum absolute atomic E-state index is 0.368. The maximum absolute atomic E-state index is 3.89. The van der Waals surface area contributed by atoms with Crippen LogP contribution < -0.4 is 5.32 Å². The molecule has 0 bridgehead atoms. The molecule has 2 heteroatoms. The van der Waals surface area contributed by atoms with Crippen molar-refractivity contribution < 1.29 is 0 Å². The van der Waals surface area contributed by atoms with Crippen LogP contribution in [0.15, 0.2) is 0 Å².